The van der Waals surface area contributed by atoms with Gasteiger partial charge >= 0.3 is 11.9 Å². The van der Waals surface area contributed by atoms with E-state index in [9.17, 15) is 80.8 Å². The van der Waals surface area contributed by atoms with Crippen LogP contribution >= 0.6 is 0 Å². The normalized spacial score (nSPS) is 33.1. The zero-order valence-corrected chi connectivity index (χ0v) is 41.9. The van der Waals surface area contributed by atoms with Gasteiger partial charge in [-0.1, -0.05) is 25.0 Å². The number of dihydropyridines is 1. The number of fused-ring (bicyclic) bond motifs is 5. The van der Waals surface area contributed by atoms with Crippen LogP contribution in [-0.2, 0) is 41.4 Å². The summed E-state index contributed by atoms with van der Waals surface area (Å²) in [6.45, 7) is 1.30. The maximum absolute atomic E-state index is 15.5. The summed E-state index contributed by atoms with van der Waals surface area (Å²) in [7, 11) is 0. The number of carbonyl (C=O) groups excluding carboxylic acids is 2. The molecule has 13 atom stereocenters. The molecule has 2 spiro atoms. The third kappa shape index (κ3) is 8.66. The van der Waals surface area contributed by atoms with Crippen molar-refractivity contribution in [2.24, 2.45) is 11.8 Å². The molecule has 420 valence electrons. The second-order valence-electron chi connectivity index (χ2n) is 20.7. The molecule has 0 amide bonds. The number of hydrogen-bond acceptors (Lipinski definition) is 23. The van der Waals surface area contributed by atoms with Crippen LogP contribution in [0.4, 0.5) is 0 Å². The molecule has 3 saturated heterocycles. The number of aliphatic hydroxyl groups is 9. The topological polar surface area (TPSA) is 421 Å². The quantitative estimate of drug-likeness (QED) is 0.0192. The van der Waals surface area contributed by atoms with Gasteiger partial charge in [-0.25, -0.2) is 9.59 Å². The van der Waals surface area contributed by atoms with Gasteiger partial charge in [-0.2, -0.15) is 0 Å². The number of H-pyrrole nitrogens is 1. The lowest BCUT2D eigenvalue weighted by Gasteiger charge is -2.55. The lowest BCUT2D eigenvalue weighted by atomic mass is 9.77. The molecule has 2 bridgehead atoms. The van der Waals surface area contributed by atoms with Crippen LogP contribution in [0.5, 0.6) is 23.0 Å². The molecular formula is C54H57N3O22. The molecule has 0 saturated carbocycles. The maximum Gasteiger partial charge on any atom is 0.354 e. The highest BCUT2D eigenvalue weighted by molar-refractivity contribution is 5.90. The molecule has 2 aromatic heterocycles. The summed E-state index contributed by atoms with van der Waals surface area (Å²) in [5.74, 6) is -15.6. The van der Waals surface area contributed by atoms with Crippen molar-refractivity contribution in [3.05, 3.63) is 105 Å². The zero-order chi connectivity index (χ0) is 56.7. The Morgan fingerprint density at radius 3 is 2.43 bits per heavy atom. The van der Waals surface area contributed by atoms with Crippen molar-refractivity contribution >= 4 is 29.2 Å². The number of aromatic hydroxyl groups is 3. The molecule has 25 nitrogen and oxygen atoms in total. The molecule has 79 heavy (non-hydrogen) atoms. The fourth-order valence-corrected chi connectivity index (χ4v) is 11.5. The first kappa shape index (κ1) is 55.2. The van der Waals surface area contributed by atoms with E-state index in [1.807, 2.05) is 18.9 Å². The molecule has 8 heterocycles. The van der Waals surface area contributed by atoms with E-state index < -0.39 is 155 Å². The van der Waals surface area contributed by atoms with Crippen molar-refractivity contribution in [1.82, 2.24) is 15.6 Å². The highest BCUT2D eigenvalue weighted by Gasteiger charge is 2.76. The van der Waals surface area contributed by atoms with Crippen LogP contribution in [0.1, 0.15) is 55.3 Å². The number of aromatic amines is 1. The van der Waals surface area contributed by atoms with Crippen LogP contribution in [0, 0.1) is 23.7 Å². The largest absolute Gasteiger partial charge is 0.507 e. The second-order valence-corrected chi connectivity index (χ2v) is 20.7. The predicted molar refractivity (Wildman–Crippen MR) is 267 cm³/mol. The van der Waals surface area contributed by atoms with Gasteiger partial charge in [-0.3, -0.25) is 10.1 Å². The number of aliphatic carboxylic acids is 1. The number of aromatic nitrogens is 1. The monoisotopic (exact) mass is 1100 g/mol. The van der Waals surface area contributed by atoms with Gasteiger partial charge in [0.25, 0.3) is 11.4 Å². The Bertz CT molecular complexity index is 3340. The van der Waals surface area contributed by atoms with Crippen LogP contribution in [-0.4, -0.2) is 175 Å². The Kier molecular flexibility index (Phi) is 14.1. The number of aldehydes is 1. The molecule has 16 N–H and O–H groups in total. The van der Waals surface area contributed by atoms with Crippen LogP contribution in [0.3, 0.4) is 0 Å². The number of phenols is 3. The molecule has 3 fully saturated rings. The fraction of sp³-hybridized carbons (Fsp3) is 0.444. The lowest BCUT2D eigenvalue weighted by molar-refractivity contribution is -0.432. The number of aliphatic hydroxyl groups excluding tert-OH is 7. The number of benzene rings is 2. The predicted octanol–water partition coefficient (Wildman–Crippen LogP) is -1.51. The first-order valence-corrected chi connectivity index (χ1v) is 25.2. The minimum Gasteiger partial charge on any atom is -0.507 e. The molecule has 0 radical (unpaired) electrons. The van der Waals surface area contributed by atoms with Crippen LogP contribution in [0.25, 0.3) is 22.3 Å². The van der Waals surface area contributed by atoms with Gasteiger partial charge in [0.1, 0.15) is 52.8 Å². The van der Waals surface area contributed by atoms with Gasteiger partial charge in [-0.05, 0) is 72.6 Å². The number of nitrogens with one attached hydrogen (secondary N) is 3. The standard InChI is InChI=1S/C54H57N3O22/c1-24-5-11-56-47-31(24)15-28(22-57-47)32-18-29(17-30-4-2-10-55-30)53(76-37-20-36-39(41(64)38(32)37)33(61)19-35(75-36)27-14-26(7-13-59)40(63)34(62)16-27)44(67)42(65)43(66)50(78-53)8-3-9-51(48(70)71)54(73,74)46(69)45(68)52(79-51,77-49(50)72)21-25(23-60)6-12-58/h2,4,10,12,14-16,18-20,22,24-25,32,42-47,55-57,59-60,62-69,73-74H,5-8,11,13,17,21,23H2,1H3,(H,70,71). The Morgan fingerprint density at radius 1 is 0.962 bits per heavy atom. The number of piperidine rings is 1. The van der Waals surface area contributed by atoms with Gasteiger partial charge in [-0.15, -0.1) is 0 Å². The van der Waals surface area contributed by atoms with Gasteiger partial charge in [0, 0.05) is 90.9 Å². The van der Waals surface area contributed by atoms with Gasteiger partial charge in [0.15, 0.2) is 29.1 Å². The van der Waals surface area contributed by atoms with E-state index >= 15 is 4.79 Å². The lowest BCUT2D eigenvalue weighted by Crippen LogP contribution is -2.79. The smallest absolute Gasteiger partial charge is 0.354 e. The van der Waals surface area contributed by atoms with Crippen LogP contribution in [0.15, 0.2) is 86.9 Å². The van der Waals surface area contributed by atoms with E-state index in [1.165, 1.54) is 12.1 Å². The summed E-state index contributed by atoms with van der Waals surface area (Å²) >= 11 is 0. The van der Waals surface area contributed by atoms with Crippen molar-refractivity contribution in [2.75, 3.05) is 19.8 Å². The SMILES string of the molecule is CC1CCNC2NC=C(C3C=C(Cc4ccc[nH]4)C4(Oc5cc6oc(-c7cc(O)c(O)c(CCO)c7)cc(=O)c6c(O)c53)OC3(CC#CC5(C(=O)O)OC(CC(CO)CC=O)(OC3=O)C(O)C(O)C5(O)O)C(O)C(O)C4O)C=C12. The Hall–Kier alpha value is -7.16. The molecule has 13 unspecified atom stereocenters. The molecule has 25 heteroatoms. The van der Waals surface area contributed by atoms with E-state index in [1.54, 1.807) is 24.5 Å². The molecule has 6 aliphatic rings. The summed E-state index contributed by atoms with van der Waals surface area (Å²) in [4.78, 5) is 58.0. The average molecular weight is 1100 g/mol. The summed E-state index contributed by atoms with van der Waals surface area (Å²) in [6, 6.07) is 7.79. The van der Waals surface area contributed by atoms with E-state index in [0.717, 1.165) is 30.2 Å². The van der Waals surface area contributed by atoms with Crippen molar-refractivity contribution in [3.63, 3.8) is 0 Å². The number of rotatable bonds is 12. The van der Waals surface area contributed by atoms with Crippen LogP contribution in [0.2, 0.25) is 0 Å². The van der Waals surface area contributed by atoms with E-state index in [2.05, 4.69) is 21.5 Å². The van der Waals surface area contributed by atoms with Gasteiger partial charge in [0.2, 0.25) is 17.2 Å². The summed E-state index contributed by atoms with van der Waals surface area (Å²) in [5, 5.41) is 154. The summed E-state index contributed by atoms with van der Waals surface area (Å²) in [5.41, 5.74) is -6.87. The third-order valence-electron chi connectivity index (χ3n) is 15.8. The molecule has 4 aromatic rings. The first-order chi connectivity index (χ1) is 37.5. The van der Waals surface area contributed by atoms with E-state index in [4.69, 9.17) is 23.4 Å². The Balaban J connectivity index is 1.24. The van der Waals surface area contributed by atoms with Crippen molar-refractivity contribution in [2.45, 2.75) is 117 Å². The highest BCUT2D eigenvalue weighted by atomic mass is 16.8. The van der Waals surface area contributed by atoms with E-state index in [0.29, 0.717) is 24.1 Å². The minimum atomic E-state index is -4.04. The number of phenolic OH excluding ortho intramolecular Hbond substituents is 3. The maximum atomic E-state index is 15.5. The number of carboxylic acids is 1. The van der Waals surface area contributed by atoms with Crippen LogP contribution < -0.4 is 20.8 Å². The third-order valence-corrected chi connectivity index (χ3v) is 15.8. The molecule has 6 aliphatic heterocycles. The number of carbonyl (C=O) groups is 3. The average Bonchev–Trinajstić information content (AvgIpc) is 3.20. The highest BCUT2D eigenvalue weighted by Crippen LogP contribution is 2.55. The fourth-order valence-electron chi connectivity index (χ4n) is 11.5. The molecule has 2 aromatic carbocycles. The van der Waals surface area contributed by atoms with Gasteiger partial charge in [0.05, 0.1) is 12.6 Å². The first-order valence-electron chi connectivity index (χ1n) is 25.2. The molecular weight excluding hydrogens is 1040 g/mol. The Labute approximate surface area is 446 Å². The number of hydrogen-bond donors (Lipinski definition) is 16. The van der Waals surface area contributed by atoms with Gasteiger partial charge < -0.3 is 105 Å². The second kappa shape index (κ2) is 20.2. The zero-order valence-electron chi connectivity index (χ0n) is 41.9. The number of ether oxygens (including phenoxy) is 4. The molecule has 10 rings (SSSR count). The van der Waals surface area contributed by atoms with Crippen molar-refractivity contribution in [3.8, 4) is 46.2 Å². The number of allylic oxidation sites excluding steroid dienone is 3. The number of esters is 1. The molecule has 0 aliphatic carbocycles. The van der Waals surface area contributed by atoms with Crippen molar-refractivity contribution < 1.29 is 104 Å². The minimum absolute atomic E-state index is 0.000578. The summed E-state index contributed by atoms with van der Waals surface area (Å²) in [6.07, 6.45) is -9.90. The van der Waals surface area contributed by atoms with E-state index in [-0.39, 0.29) is 52.9 Å². The Morgan fingerprint density at radius 2 is 1.73 bits per heavy atom. The summed E-state index contributed by atoms with van der Waals surface area (Å²) < 4.78 is 31.4. The van der Waals surface area contributed by atoms with Crippen molar-refractivity contribution in [1.29, 1.82) is 0 Å². The number of carboxylic acid groups (broad SMARTS) is 1.